The third kappa shape index (κ3) is 3.36. The summed E-state index contributed by atoms with van der Waals surface area (Å²) in [4.78, 5) is 37.3. The molecule has 1 heterocycles. The first-order valence-electron chi connectivity index (χ1n) is 7.95. The maximum atomic E-state index is 12.5. The Labute approximate surface area is 139 Å². The molecule has 0 unspecified atom stereocenters. The molecule has 0 aliphatic heterocycles. The monoisotopic (exact) mass is 338 g/mol. The van der Waals surface area contributed by atoms with Crippen LogP contribution in [0.1, 0.15) is 38.9 Å². The number of hydrogen-bond acceptors (Lipinski definition) is 7. The summed E-state index contributed by atoms with van der Waals surface area (Å²) in [7, 11) is 0. The highest BCUT2D eigenvalue weighted by molar-refractivity contribution is 6.02. The zero-order valence-electron chi connectivity index (χ0n) is 14.0. The summed E-state index contributed by atoms with van der Waals surface area (Å²) in [6.07, 6.45) is 1.05. The van der Waals surface area contributed by atoms with Crippen LogP contribution in [-0.2, 0) is 23.9 Å². The molecule has 1 fully saturated rings. The van der Waals surface area contributed by atoms with Crippen LogP contribution in [0.4, 0.5) is 0 Å². The van der Waals surface area contributed by atoms with Crippen LogP contribution in [0.2, 0.25) is 0 Å². The van der Waals surface area contributed by atoms with Crippen molar-refractivity contribution in [2.75, 3.05) is 13.2 Å². The van der Waals surface area contributed by atoms with Gasteiger partial charge in [0.2, 0.25) is 0 Å². The molecule has 1 aromatic heterocycles. The second-order valence-electron chi connectivity index (χ2n) is 6.00. The minimum Gasteiger partial charge on any atom is -0.469 e. The maximum Gasteiger partial charge on any atom is 0.317 e. The minimum atomic E-state index is -1.65. The summed E-state index contributed by atoms with van der Waals surface area (Å²) in [5.74, 6) is -4.94. The van der Waals surface area contributed by atoms with Crippen LogP contribution in [-0.4, -0.2) is 41.6 Å². The molecule has 7 heteroatoms. The van der Waals surface area contributed by atoms with E-state index in [0.717, 1.165) is 0 Å². The number of ether oxygens (including phenoxy) is 2. The van der Waals surface area contributed by atoms with Gasteiger partial charge < -0.3 is 19.0 Å². The summed E-state index contributed by atoms with van der Waals surface area (Å²) in [5, 5.41) is 10.7. The highest BCUT2D eigenvalue weighted by Crippen LogP contribution is 2.46. The van der Waals surface area contributed by atoms with Gasteiger partial charge in [-0.05, 0) is 32.9 Å². The van der Waals surface area contributed by atoms with Gasteiger partial charge in [-0.25, -0.2) is 0 Å². The number of carbonyl (C=O) groups excluding carboxylic acids is 3. The summed E-state index contributed by atoms with van der Waals surface area (Å²) >= 11 is 0. The van der Waals surface area contributed by atoms with Crippen molar-refractivity contribution in [2.45, 2.75) is 38.7 Å². The van der Waals surface area contributed by atoms with E-state index >= 15 is 0 Å². The molecule has 1 aliphatic carbocycles. The van der Waals surface area contributed by atoms with Gasteiger partial charge in [-0.2, -0.15) is 0 Å². The Bertz CT molecular complexity index is 602. The van der Waals surface area contributed by atoms with Crippen molar-refractivity contribution >= 4 is 17.7 Å². The first kappa shape index (κ1) is 18.2. The average molecular weight is 338 g/mol. The molecule has 24 heavy (non-hydrogen) atoms. The Balaban J connectivity index is 2.53. The van der Waals surface area contributed by atoms with Gasteiger partial charge in [-0.3, -0.25) is 14.4 Å². The van der Waals surface area contributed by atoms with Gasteiger partial charge in [-0.15, -0.1) is 0 Å². The number of hydrogen-bond donors (Lipinski definition) is 1. The third-order valence-corrected chi connectivity index (χ3v) is 4.22. The van der Waals surface area contributed by atoms with E-state index in [-0.39, 0.29) is 25.4 Å². The fraction of sp³-hybridized carbons (Fsp3) is 0.588. The van der Waals surface area contributed by atoms with E-state index < -0.39 is 41.1 Å². The SMILES string of the molecule is CCOC(=O)[C@H]1C(=O)C[C@](C)(O)[C@@H](C(=O)OCC)[C@H]1c1ccco1. The summed E-state index contributed by atoms with van der Waals surface area (Å²) in [6, 6.07) is 3.16. The van der Waals surface area contributed by atoms with Gasteiger partial charge in [-0.1, -0.05) is 0 Å². The second kappa shape index (κ2) is 7.17. The van der Waals surface area contributed by atoms with Gasteiger partial charge in [0.15, 0.2) is 5.78 Å². The number of furan rings is 1. The van der Waals surface area contributed by atoms with Gasteiger partial charge in [0.1, 0.15) is 11.7 Å². The van der Waals surface area contributed by atoms with E-state index in [1.54, 1.807) is 26.0 Å². The van der Waals surface area contributed by atoms with Crippen LogP contribution in [0.3, 0.4) is 0 Å². The number of aliphatic hydroxyl groups is 1. The van der Waals surface area contributed by atoms with Crippen molar-refractivity contribution < 1.29 is 33.4 Å². The largest absolute Gasteiger partial charge is 0.469 e. The quantitative estimate of drug-likeness (QED) is 0.640. The fourth-order valence-electron chi connectivity index (χ4n) is 3.30. The molecule has 4 atom stereocenters. The van der Waals surface area contributed by atoms with E-state index in [4.69, 9.17) is 13.9 Å². The second-order valence-corrected chi connectivity index (χ2v) is 6.00. The lowest BCUT2D eigenvalue weighted by molar-refractivity contribution is -0.173. The average Bonchev–Trinajstić information content (AvgIpc) is 2.99. The Morgan fingerprint density at radius 2 is 1.92 bits per heavy atom. The van der Waals surface area contributed by atoms with Crippen molar-refractivity contribution in [3.63, 3.8) is 0 Å². The highest BCUT2D eigenvalue weighted by atomic mass is 16.5. The summed E-state index contributed by atoms with van der Waals surface area (Å²) in [5.41, 5.74) is -1.65. The van der Waals surface area contributed by atoms with Crippen molar-refractivity contribution in [3.05, 3.63) is 24.2 Å². The van der Waals surface area contributed by atoms with Gasteiger partial charge in [0.05, 0.1) is 36.9 Å². The molecule has 7 nitrogen and oxygen atoms in total. The normalized spacial score (nSPS) is 30.0. The predicted molar refractivity (Wildman–Crippen MR) is 81.9 cm³/mol. The standard InChI is InChI=1S/C17H22O7/c1-4-22-15(19)12-10(18)9-17(3,21)14(16(20)23-5-2)13(12)11-7-6-8-24-11/h6-8,12-14,21H,4-5,9H2,1-3H3/t12-,13-,14+,17-/m0/s1. The molecular formula is C17H22O7. The Morgan fingerprint density at radius 1 is 1.29 bits per heavy atom. The summed E-state index contributed by atoms with van der Waals surface area (Å²) in [6.45, 7) is 4.89. The van der Waals surface area contributed by atoms with Crippen LogP contribution < -0.4 is 0 Å². The lowest BCUT2D eigenvalue weighted by Gasteiger charge is -2.42. The maximum absolute atomic E-state index is 12.5. The molecule has 0 spiro atoms. The molecule has 1 N–H and O–H groups in total. The van der Waals surface area contributed by atoms with Gasteiger partial charge in [0.25, 0.3) is 0 Å². The number of esters is 2. The number of rotatable bonds is 5. The molecule has 1 aromatic rings. The molecule has 1 aliphatic rings. The molecular weight excluding hydrogens is 316 g/mol. The first-order valence-corrected chi connectivity index (χ1v) is 7.95. The van der Waals surface area contributed by atoms with E-state index in [9.17, 15) is 19.5 Å². The zero-order valence-corrected chi connectivity index (χ0v) is 14.0. The van der Waals surface area contributed by atoms with Crippen LogP contribution in [0.25, 0.3) is 0 Å². The highest BCUT2D eigenvalue weighted by Gasteiger charge is 2.58. The molecule has 0 aromatic carbocycles. The van der Waals surface area contributed by atoms with Crippen molar-refractivity contribution in [1.82, 2.24) is 0 Å². The number of ketones is 1. The number of carbonyl (C=O) groups is 3. The molecule has 0 bridgehead atoms. The van der Waals surface area contributed by atoms with Crippen LogP contribution >= 0.6 is 0 Å². The molecule has 1 saturated carbocycles. The molecule has 0 saturated heterocycles. The van der Waals surface area contributed by atoms with Gasteiger partial charge in [0, 0.05) is 6.42 Å². The topological polar surface area (TPSA) is 103 Å². The third-order valence-electron chi connectivity index (χ3n) is 4.22. The van der Waals surface area contributed by atoms with Gasteiger partial charge >= 0.3 is 11.9 Å². The van der Waals surface area contributed by atoms with Crippen LogP contribution in [0.5, 0.6) is 0 Å². The van der Waals surface area contributed by atoms with E-state index in [0.29, 0.717) is 0 Å². The Morgan fingerprint density at radius 3 is 2.46 bits per heavy atom. The molecule has 0 radical (unpaired) electrons. The number of Topliss-reactive ketones (excluding diaryl/α,β-unsaturated/α-hetero) is 1. The van der Waals surface area contributed by atoms with Crippen molar-refractivity contribution in [2.24, 2.45) is 11.8 Å². The summed E-state index contributed by atoms with van der Waals surface area (Å²) < 4.78 is 15.4. The Kier molecular flexibility index (Phi) is 5.43. The lowest BCUT2D eigenvalue weighted by atomic mass is 9.63. The lowest BCUT2D eigenvalue weighted by Crippen LogP contribution is -2.55. The van der Waals surface area contributed by atoms with E-state index in [1.165, 1.54) is 13.2 Å². The smallest absolute Gasteiger partial charge is 0.317 e. The van der Waals surface area contributed by atoms with Crippen molar-refractivity contribution in [3.8, 4) is 0 Å². The fourth-order valence-corrected chi connectivity index (χ4v) is 3.30. The first-order chi connectivity index (χ1) is 11.3. The molecule has 2 rings (SSSR count). The van der Waals surface area contributed by atoms with E-state index in [1.807, 2.05) is 0 Å². The molecule has 0 amide bonds. The molecule has 132 valence electrons. The zero-order chi connectivity index (χ0) is 17.9. The minimum absolute atomic E-state index is 0.105. The van der Waals surface area contributed by atoms with Crippen LogP contribution in [0.15, 0.2) is 22.8 Å². The Hall–Kier alpha value is -2.15. The van der Waals surface area contributed by atoms with Crippen LogP contribution in [0, 0.1) is 11.8 Å². The predicted octanol–water partition coefficient (Wildman–Crippen LogP) is 1.45. The van der Waals surface area contributed by atoms with E-state index in [2.05, 4.69) is 0 Å². The van der Waals surface area contributed by atoms with Crippen molar-refractivity contribution in [1.29, 1.82) is 0 Å².